The van der Waals surface area contributed by atoms with Crippen LogP contribution in [0.25, 0.3) is 11.4 Å². The maximum atomic E-state index is 12.9. The predicted molar refractivity (Wildman–Crippen MR) is 119 cm³/mol. The number of benzene rings is 2. The van der Waals surface area contributed by atoms with E-state index >= 15 is 0 Å². The highest BCUT2D eigenvalue weighted by atomic mass is 32.2. The molecule has 0 unspecified atom stereocenters. The normalized spacial score (nSPS) is 13.6. The summed E-state index contributed by atoms with van der Waals surface area (Å²) in [6.45, 7) is 3.13. The molecule has 0 saturated heterocycles. The van der Waals surface area contributed by atoms with E-state index in [-0.39, 0.29) is 17.2 Å². The van der Waals surface area contributed by atoms with Crippen LogP contribution in [-0.4, -0.2) is 43.9 Å². The van der Waals surface area contributed by atoms with Gasteiger partial charge in [-0.2, -0.15) is 4.98 Å². The highest BCUT2D eigenvalue weighted by Gasteiger charge is 2.24. The highest BCUT2D eigenvalue weighted by Crippen LogP contribution is 2.30. The maximum absolute atomic E-state index is 12.9. The van der Waals surface area contributed by atoms with Crippen molar-refractivity contribution < 1.29 is 22.5 Å². The van der Waals surface area contributed by atoms with Crippen LogP contribution in [0.15, 0.2) is 51.9 Å². The summed E-state index contributed by atoms with van der Waals surface area (Å²) in [7, 11) is -3.28. The summed E-state index contributed by atoms with van der Waals surface area (Å²) in [6.07, 6.45) is 3.27. The van der Waals surface area contributed by atoms with E-state index in [0.717, 1.165) is 35.4 Å². The van der Waals surface area contributed by atoms with Crippen LogP contribution in [0.4, 0.5) is 5.69 Å². The molecule has 4 rings (SSSR count). The fraction of sp³-hybridized carbons (Fsp3) is 0.348. The Morgan fingerprint density at radius 3 is 2.69 bits per heavy atom. The molecule has 0 bridgehead atoms. The fourth-order valence-electron chi connectivity index (χ4n) is 3.75. The Kier molecular flexibility index (Phi) is 6.27. The number of carbonyl (C=O) groups is 1. The van der Waals surface area contributed by atoms with Crippen LogP contribution in [0, 0.1) is 0 Å². The molecule has 0 saturated carbocycles. The number of sulfone groups is 1. The minimum atomic E-state index is -3.28. The number of aryl methyl sites for hydroxylation is 2. The number of carbonyl (C=O) groups excluding carboxylic acids is 1. The van der Waals surface area contributed by atoms with Gasteiger partial charge in [0.25, 0.3) is 0 Å². The summed E-state index contributed by atoms with van der Waals surface area (Å²) >= 11 is 0. The van der Waals surface area contributed by atoms with Gasteiger partial charge < -0.3 is 14.2 Å². The topological polar surface area (TPSA) is 103 Å². The lowest BCUT2D eigenvalue weighted by molar-refractivity contribution is -0.118. The quantitative estimate of drug-likeness (QED) is 0.538. The summed E-state index contributed by atoms with van der Waals surface area (Å²) in [6, 6.07) is 12.4. The number of hydrogen-bond acceptors (Lipinski definition) is 7. The Morgan fingerprint density at radius 2 is 1.97 bits per heavy atom. The molecule has 0 fully saturated rings. The van der Waals surface area contributed by atoms with Crippen molar-refractivity contribution >= 4 is 21.4 Å². The van der Waals surface area contributed by atoms with E-state index < -0.39 is 9.84 Å². The minimum Gasteiger partial charge on any atom is -0.494 e. The molecule has 0 aliphatic carbocycles. The van der Waals surface area contributed by atoms with Gasteiger partial charge in [-0.15, -0.1) is 0 Å². The smallest absolute Gasteiger partial charge is 0.227 e. The molecule has 0 spiro atoms. The van der Waals surface area contributed by atoms with Crippen molar-refractivity contribution in [3.05, 3.63) is 53.9 Å². The first kappa shape index (κ1) is 22.0. The molecule has 1 aromatic heterocycles. The Morgan fingerprint density at radius 1 is 1.19 bits per heavy atom. The molecule has 2 heterocycles. The summed E-state index contributed by atoms with van der Waals surface area (Å²) in [5.41, 5.74) is 2.46. The third-order valence-electron chi connectivity index (χ3n) is 5.34. The number of fused-ring (bicyclic) bond motifs is 1. The number of amides is 1. The van der Waals surface area contributed by atoms with Crippen LogP contribution in [0.2, 0.25) is 0 Å². The second-order valence-electron chi connectivity index (χ2n) is 7.68. The van der Waals surface area contributed by atoms with Crippen LogP contribution in [0.3, 0.4) is 0 Å². The zero-order valence-electron chi connectivity index (χ0n) is 18.1. The third kappa shape index (κ3) is 4.83. The van der Waals surface area contributed by atoms with E-state index in [0.29, 0.717) is 31.3 Å². The minimum absolute atomic E-state index is 0.0566. The van der Waals surface area contributed by atoms with Gasteiger partial charge in [0.15, 0.2) is 9.84 Å². The lowest BCUT2D eigenvalue weighted by atomic mass is 10.0. The van der Waals surface area contributed by atoms with Crippen molar-refractivity contribution in [2.75, 3.05) is 24.3 Å². The largest absolute Gasteiger partial charge is 0.494 e. The van der Waals surface area contributed by atoms with E-state index in [4.69, 9.17) is 9.26 Å². The summed E-state index contributed by atoms with van der Waals surface area (Å²) in [4.78, 5) is 19.3. The van der Waals surface area contributed by atoms with Crippen molar-refractivity contribution in [3.63, 3.8) is 0 Å². The van der Waals surface area contributed by atoms with Crippen LogP contribution in [-0.2, 0) is 27.5 Å². The first-order chi connectivity index (χ1) is 15.3. The Labute approximate surface area is 187 Å². The molecule has 0 atom stereocenters. The maximum Gasteiger partial charge on any atom is 0.227 e. The van der Waals surface area contributed by atoms with Gasteiger partial charge in [0.1, 0.15) is 5.75 Å². The number of rotatable bonds is 7. The van der Waals surface area contributed by atoms with Crippen molar-refractivity contribution in [3.8, 4) is 17.1 Å². The van der Waals surface area contributed by atoms with Gasteiger partial charge in [0.05, 0.1) is 11.5 Å². The summed E-state index contributed by atoms with van der Waals surface area (Å²) < 4.78 is 34.4. The van der Waals surface area contributed by atoms with Gasteiger partial charge >= 0.3 is 0 Å². The van der Waals surface area contributed by atoms with E-state index in [9.17, 15) is 13.2 Å². The third-order valence-corrected chi connectivity index (χ3v) is 6.45. The van der Waals surface area contributed by atoms with Gasteiger partial charge in [0, 0.05) is 36.9 Å². The first-order valence-electron chi connectivity index (χ1n) is 10.5. The average molecular weight is 456 g/mol. The second-order valence-corrected chi connectivity index (χ2v) is 9.70. The Bertz CT molecular complexity index is 1220. The number of nitrogens with zero attached hydrogens (tertiary/aromatic N) is 3. The monoisotopic (exact) mass is 455 g/mol. The molecule has 1 amide bonds. The molecule has 8 nitrogen and oxygen atoms in total. The number of ether oxygens (including phenoxy) is 1. The molecular formula is C23H25N3O5S. The molecule has 0 radical (unpaired) electrons. The molecule has 3 aromatic rings. The highest BCUT2D eigenvalue weighted by molar-refractivity contribution is 7.90. The Balaban J connectivity index is 1.42. The zero-order chi connectivity index (χ0) is 22.7. The zero-order valence-corrected chi connectivity index (χ0v) is 18.9. The van der Waals surface area contributed by atoms with E-state index in [1.807, 2.05) is 31.2 Å². The molecule has 0 N–H and O–H groups in total. The van der Waals surface area contributed by atoms with Gasteiger partial charge in [0.2, 0.25) is 17.6 Å². The fourth-order valence-corrected chi connectivity index (χ4v) is 4.42. The van der Waals surface area contributed by atoms with Crippen LogP contribution >= 0.6 is 0 Å². The lowest BCUT2D eigenvalue weighted by Crippen LogP contribution is -2.35. The summed E-state index contributed by atoms with van der Waals surface area (Å²) in [5.74, 6) is 1.58. The predicted octanol–water partition coefficient (Wildman–Crippen LogP) is 3.45. The SMILES string of the molecule is CCOc1ccc(-c2noc(CCC(=O)N3CCCc4cc(S(C)(=O)=O)ccc43)n2)cc1. The molecule has 1 aliphatic heterocycles. The standard InChI is InChI=1S/C23H25N3O5S/c1-3-30-18-8-6-16(7-9-18)23-24-21(31-25-23)12-13-22(27)26-14-4-5-17-15-19(32(2,28)29)10-11-20(17)26/h6-11,15H,3-5,12-14H2,1-2H3. The number of hydrogen-bond donors (Lipinski definition) is 0. The first-order valence-corrected chi connectivity index (χ1v) is 12.4. The van der Waals surface area contributed by atoms with Gasteiger partial charge in [-0.1, -0.05) is 5.16 Å². The van der Waals surface area contributed by atoms with Crippen molar-refractivity contribution in [2.24, 2.45) is 0 Å². The van der Waals surface area contributed by atoms with Crippen LogP contribution in [0.1, 0.15) is 31.2 Å². The van der Waals surface area contributed by atoms with Gasteiger partial charge in [-0.05, 0) is 67.8 Å². The van der Waals surface area contributed by atoms with Crippen LogP contribution in [0.5, 0.6) is 5.75 Å². The van der Waals surface area contributed by atoms with Crippen molar-refractivity contribution in [1.29, 1.82) is 0 Å². The summed E-state index contributed by atoms with van der Waals surface area (Å²) in [5, 5.41) is 4.01. The average Bonchev–Trinajstić information content (AvgIpc) is 3.26. The number of aromatic nitrogens is 2. The molecule has 32 heavy (non-hydrogen) atoms. The van der Waals surface area contributed by atoms with Crippen LogP contribution < -0.4 is 9.64 Å². The van der Waals surface area contributed by atoms with E-state index in [1.54, 1.807) is 23.1 Å². The van der Waals surface area contributed by atoms with Gasteiger partial charge in [-0.25, -0.2) is 8.42 Å². The van der Waals surface area contributed by atoms with Crippen molar-refractivity contribution in [1.82, 2.24) is 10.1 Å². The van der Waals surface area contributed by atoms with Crippen molar-refractivity contribution in [2.45, 2.75) is 37.5 Å². The second kappa shape index (κ2) is 9.12. The molecule has 2 aromatic carbocycles. The Hall–Kier alpha value is -3.20. The molecule has 168 valence electrons. The number of anilines is 1. The molecular weight excluding hydrogens is 430 g/mol. The van der Waals surface area contributed by atoms with E-state index in [2.05, 4.69) is 10.1 Å². The molecule has 9 heteroatoms. The molecule has 1 aliphatic rings. The van der Waals surface area contributed by atoms with E-state index in [1.165, 1.54) is 6.26 Å². The van der Waals surface area contributed by atoms with Gasteiger partial charge in [-0.3, -0.25) is 4.79 Å². The lowest BCUT2D eigenvalue weighted by Gasteiger charge is -2.29.